The summed E-state index contributed by atoms with van der Waals surface area (Å²) in [5, 5.41) is 3.17. The normalized spacial score (nSPS) is 15.0. The van der Waals surface area contributed by atoms with Crippen molar-refractivity contribution in [3.05, 3.63) is 64.1 Å². The first-order chi connectivity index (χ1) is 15.4. The van der Waals surface area contributed by atoms with Gasteiger partial charge in [0.05, 0.1) is 24.9 Å². The molecule has 0 amide bonds. The molecule has 3 aromatic rings. The van der Waals surface area contributed by atoms with Crippen molar-refractivity contribution in [1.82, 2.24) is 9.29 Å². The maximum Gasteiger partial charge on any atom is 0.244 e. The third-order valence-electron chi connectivity index (χ3n) is 5.30. The minimum Gasteiger partial charge on any atom is -0.497 e. The lowest BCUT2D eigenvalue weighted by Crippen LogP contribution is -2.48. The van der Waals surface area contributed by atoms with E-state index in [1.54, 1.807) is 49.8 Å². The van der Waals surface area contributed by atoms with Crippen molar-refractivity contribution in [1.29, 1.82) is 0 Å². The standard InChI is InChI=1S/C22H24ClN3O4S2/c1-29-18-12-16(13-19(14-18)30-2)11-17-15-31-22(24-17)25-7-9-26(10-8-25)32(27,28)21-6-4-3-5-20(21)23/h3-6,12-15H,7-11H2,1-2H3. The highest BCUT2D eigenvalue weighted by Gasteiger charge is 2.30. The highest BCUT2D eigenvalue weighted by Crippen LogP contribution is 2.29. The van der Waals surface area contributed by atoms with Crippen LogP contribution in [0, 0.1) is 0 Å². The van der Waals surface area contributed by atoms with Gasteiger partial charge in [0, 0.05) is 44.0 Å². The van der Waals surface area contributed by atoms with Gasteiger partial charge in [-0.3, -0.25) is 0 Å². The summed E-state index contributed by atoms with van der Waals surface area (Å²) in [6, 6.07) is 12.3. The number of sulfonamides is 1. The molecule has 1 aliphatic heterocycles. The monoisotopic (exact) mass is 493 g/mol. The Morgan fingerprint density at radius 3 is 2.31 bits per heavy atom. The van der Waals surface area contributed by atoms with Crippen molar-refractivity contribution in [2.75, 3.05) is 45.3 Å². The van der Waals surface area contributed by atoms with Crippen LogP contribution in [0.1, 0.15) is 11.3 Å². The maximum atomic E-state index is 13.0. The van der Waals surface area contributed by atoms with Gasteiger partial charge < -0.3 is 14.4 Å². The quantitative estimate of drug-likeness (QED) is 0.497. The lowest BCUT2D eigenvalue weighted by Gasteiger charge is -2.33. The van der Waals surface area contributed by atoms with Crippen LogP contribution in [0.5, 0.6) is 11.5 Å². The second-order valence-electron chi connectivity index (χ2n) is 7.34. The number of nitrogens with zero attached hydrogens (tertiary/aromatic N) is 3. The molecule has 1 aromatic heterocycles. The summed E-state index contributed by atoms with van der Waals surface area (Å²) in [5.41, 5.74) is 2.00. The molecule has 2 aromatic carbocycles. The Labute approximate surface area is 197 Å². The molecule has 0 bridgehead atoms. The molecule has 0 unspecified atom stereocenters. The molecule has 0 radical (unpaired) electrons. The fourth-order valence-electron chi connectivity index (χ4n) is 3.61. The molecule has 0 atom stereocenters. The molecule has 7 nitrogen and oxygen atoms in total. The number of benzene rings is 2. The fraction of sp³-hybridized carbons (Fsp3) is 0.318. The van der Waals surface area contributed by atoms with E-state index in [-0.39, 0.29) is 9.92 Å². The van der Waals surface area contributed by atoms with Gasteiger partial charge in [-0.05, 0) is 29.8 Å². The lowest BCUT2D eigenvalue weighted by atomic mass is 10.1. The zero-order valence-electron chi connectivity index (χ0n) is 17.8. The van der Waals surface area contributed by atoms with Crippen molar-refractivity contribution < 1.29 is 17.9 Å². The first-order valence-electron chi connectivity index (χ1n) is 10.1. The molecule has 1 fully saturated rings. The average Bonchev–Trinajstić information content (AvgIpc) is 3.27. The van der Waals surface area contributed by atoms with Crippen molar-refractivity contribution in [2.24, 2.45) is 0 Å². The number of hydrogen-bond donors (Lipinski definition) is 0. The Balaban J connectivity index is 1.42. The first kappa shape index (κ1) is 22.8. The lowest BCUT2D eigenvalue weighted by molar-refractivity contribution is 0.384. The molecule has 170 valence electrons. The van der Waals surface area contributed by atoms with Gasteiger partial charge in [0.25, 0.3) is 0 Å². The van der Waals surface area contributed by atoms with Gasteiger partial charge in [-0.1, -0.05) is 23.7 Å². The molecule has 4 rings (SSSR count). The van der Waals surface area contributed by atoms with Crippen LogP contribution < -0.4 is 14.4 Å². The summed E-state index contributed by atoms with van der Waals surface area (Å²) in [4.78, 5) is 7.05. The molecule has 2 heterocycles. The Kier molecular flexibility index (Phi) is 6.90. The second-order valence-corrected chi connectivity index (χ2v) is 10.5. The smallest absolute Gasteiger partial charge is 0.244 e. The summed E-state index contributed by atoms with van der Waals surface area (Å²) in [6.45, 7) is 1.92. The summed E-state index contributed by atoms with van der Waals surface area (Å²) in [6.07, 6.45) is 0.658. The number of rotatable bonds is 7. The predicted molar refractivity (Wildman–Crippen MR) is 127 cm³/mol. The summed E-state index contributed by atoms with van der Waals surface area (Å²) < 4.78 is 38.1. The van der Waals surface area contributed by atoms with Crippen LogP contribution in [0.2, 0.25) is 5.02 Å². The van der Waals surface area contributed by atoms with Gasteiger partial charge in [0.1, 0.15) is 16.4 Å². The molecule has 0 aliphatic carbocycles. The summed E-state index contributed by atoms with van der Waals surface area (Å²) in [5.74, 6) is 1.48. The van der Waals surface area contributed by atoms with Gasteiger partial charge in [-0.25, -0.2) is 13.4 Å². The van der Waals surface area contributed by atoms with Crippen LogP contribution >= 0.6 is 22.9 Å². The Morgan fingerprint density at radius 2 is 1.69 bits per heavy atom. The highest BCUT2D eigenvalue weighted by molar-refractivity contribution is 7.89. The minimum atomic E-state index is -3.61. The summed E-state index contributed by atoms with van der Waals surface area (Å²) in [7, 11) is -0.353. The van der Waals surface area contributed by atoms with E-state index < -0.39 is 10.0 Å². The van der Waals surface area contributed by atoms with Crippen LogP contribution in [0.25, 0.3) is 0 Å². The molecule has 0 N–H and O–H groups in total. The zero-order chi connectivity index (χ0) is 22.7. The van der Waals surface area contributed by atoms with E-state index in [9.17, 15) is 8.42 Å². The number of hydrogen-bond acceptors (Lipinski definition) is 7. The van der Waals surface area contributed by atoms with Crippen LogP contribution in [0.4, 0.5) is 5.13 Å². The number of aromatic nitrogens is 1. The molecular weight excluding hydrogens is 470 g/mol. The molecule has 0 saturated carbocycles. The van der Waals surface area contributed by atoms with Gasteiger partial charge >= 0.3 is 0 Å². The number of methoxy groups -OCH3 is 2. The van der Waals surface area contributed by atoms with Crippen LogP contribution in [0.15, 0.2) is 52.7 Å². The Hall–Kier alpha value is -2.33. The van der Waals surface area contributed by atoms with Gasteiger partial charge in [-0.15, -0.1) is 11.3 Å². The molecule has 32 heavy (non-hydrogen) atoms. The fourth-order valence-corrected chi connectivity index (χ4v) is 6.41. The summed E-state index contributed by atoms with van der Waals surface area (Å²) >= 11 is 7.69. The third-order valence-corrected chi connectivity index (χ3v) is 8.65. The van der Waals surface area contributed by atoms with E-state index in [0.29, 0.717) is 32.6 Å². The topological polar surface area (TPSA) is 72.0 Å². The largest absolute Gasteiger partial charge is 0.497 e. The first-order valence-corrected chi connectivity index (χ1v) is 12.8. The van der Waals surface area contributed by atoms with Crippen molar-refractivity contribution in [3.8, 4) is 11.5 Å². The predicted octanol–water partition coefficient (Wildman–Crippen LogP) is 3.92. The van der Waals surface area contributed by atoms with E-state index in [1.165, 1.54) is 4.31 Å². The molecule has 1 aliphatic rings. The number of piperazine rings is 1. The van der Waals surface area contributed by atoms with E-state index in [2.05, 4.69) is 4.90 Å². The van der Waals surface area contributed by atoms with Crippen LogP contribution in [0.3, 0.4) is 0 Å². The molecule has 0 spiro atoms. The van der Waals surface area contributed by atoms with Crippen LogP contribution in [-0.2, 0) is 16.4 Å². The van der Waals surface area contributed by atoms with E-state index in [0.717, 1.165) is 27.9 Å². The zero-order valence-corrected chi connectivity index (χ0v) is 20.2. The maximum absolute atomic E-state index is 13.0. The van der Waals surface area contributed by atoms with Gasteiger partial charge in [-0.2, -0.15) is 4.31 Å². The molecule has 10 heteroatoms. The van der Waals surface area contributed by atoms with Gasteiger partial charge in [0.2, 0.25) is 10.0 Å². The number of thiazole rings is 1. The highest BCUT2D eigenvalue weighted by atomic mass is 35.5. The number of halogens is 1. The van der Waals surface area contributed by atoms with Crippen molar-refractivity contribution in [3.63, 3.8) is 0 Å². The Morgan fingerprint density at radius 1 is 1.03 bits per heavy atom. The van der Waals surface area contributed by atoms with Gasteiger partial charge in [0.15, 0.2) is 5.13 Å². The third kappa shape index (κ3) is 4.85. The van der Waals surface area contributed by atoms with Crippen molar-refractivity contribution >= 4 is 38.1 Å². The van der Waals surface area contributed by atoms with E-state index in [1.807, 2.05) is 23.6 Å². The van der Waals surface area contributed by atoms with E-state index >= 15 is 0 Å². The molecule has 1 saturated heterocycles. The van der Waals surface area contributed by atoms with Crippen LogP contribution in [-0.4, -0.2) is 58.1 Å². The van der Waals surface area contributed by atoms with E-state index in [4.69, 9.17) is 26.1 Å². The Bertz CT molecular complexity index is 1170. The SMILES string of the molecule is COc1cc(Cc2csc(N3CCN(S(=O)(=O)c4ccccc4Cl)CC3)n2)cc(OC)c1. The molecular formula is C22H24ClN3O4S2. The minimum absolute atomic E-state index is 0.153. The average molecular weight is 494 g/mol. The second kappa shape index (κ2) is 9.66. The number of anilines is 1. The van der Waals surface area contributed by atoms with Crippen molar-refractivity contribution in [2.45, 2.75) is 11.3 Å². The number of ether oxygens (including phenoxy) is 2.